The van der Waals surface area contributed by atoms with Crippen molar-refractivity contribution in [2.24, 2.45) is 0 Å². The second-order valence-electron chi connectivity index (χ2n) is 7.29. The highest BCUT2D eigenvalue weighted by atomic mass is 19.1. The summed E-state index contributed by atoms with van der Waals surface area (Å²) in [6.07, 6.45) is 3.80. The van der Waals surface area contributed by atoms with E-state index in [4.69, 9.17) is 9.47 Å². The summed E-state index contributed by atoms with van der Waals surface area (Å²) in [6, 6.07) is 17.9. The lowest BCUT2D eigenvalue weighted by molar-refractivity contribution is -0.384. The molecule has 0 aromatic heterocycles. The van der Waals surface area contributed by atoms with Crippen LogP contribution >= 0.6 is 0 Å². The first-order valence-corrected chi connectivity index (χ1v) is 10.6. The molecular weight excluding hydrogens is 435 g/mol. The number of nitriles is 1. The number of nitro groups is 1. The smallest absolute Gasteiger partial charge is 0.269 e. The minimum Gasteiger partial charge on any atom is -0.490 e. The fraction of sp³-hybridized carbons (Fsp3) is 0.148. The molecule has 0 aliphatic heterocycles. The molecule has 0 atom stereocenters. The van der Waals surface area contributed by atoms with E-state index >= 15 is 0 Å². The Morgan fingerprint density at radius 2 is 1.91 bits per heavy atom. The zero-order valence-electron chi connectivity index (χ0n) is 18.7. The molecule has 172 valence electrons. The molecule has 0 saturated heterocycles. The van der Waals surface area contributed by atoms with Crippen molar-refractivity contribution >= 4 is 17.3 Å². The van der Waals surface area contributed by atoms with Crippen LogP contribution in [0.2, 0.25) is 0 Å². The van der Waals surface area contributed by atoms with E-state index in [0.29, 0.717) is 30.1 Å². The van der Waals surface area contributed by atoms with E-state index in [0.717, 1.165) is 11.1 Å². The fourth-order valence-corrected chi connectivity index (χ4v) is 3.39. The molecule has 34 heavy (non-hydrogen) atoms. The van der Waals surface area contributed by atoms with Gasteiger partial charge in [-0.2, -0.15) is 5.26 Å². The second kappa shape index (κ2) is 11.4. The van der Waals surface area contributed by atoms with Gasteiger partial charge in [0.15, 0.2) is 11.5 Å². The van der Waals surface area contributed by atoms with Gasteiger partial charge in [-0.15, -0.1) is 6.58 Å². The maximum absolute atomic E-state index is 14.2. The number of hydrogen-bond donors (Lipinski definition) is 0. The predicted octanol–water partition coefficient (Wildman–Crippen LogP) is 6.50. The van der Waals surface area contributed by atoms with Crippen molar-refractivity contribution in [2.75, 3.05) is 6.61 Å². The molecule has 6 nitrogen and oxygen atoms in total. The first-order chi connectivity index (χ1) is 16.5. The Morgan fingerprint density at radius 1 is 1.18 bits per heavy atom. The third kappa shape index (κ3) is 5.87. The Hall–Kier alpha value is -4.44. The number of nitrogens with zero attached hydrogens (tertiary/aromatic N) is 2. The highest BCUT2D eigenvalue weighted by molar-refractivity contribution is 5.90. The van der Waals surface area contributed by atoms with Gasteiger partial charge in [-0.05, 0) is 60.9 Å². The third-order valence-electron chi connectivity index (χ3n) is 4.94. The Balaban J connectivity index is 1.98. The van der Waals surface area contributed by atoms with Crippen molar-refractivity contribution < 1.29 is 18.8 Å². The molecule has 3 rings (SSSR count). The molecule has 3 aromatic carbocycles. The van der Waals surface area contributed by atoms with Crippen LogP contribution in [0, 0.1) is 27.3 Å². The maximum atomic E-state index is 14.2. The van der Waals surface area contributed by atoms with Gasteiger partial charge in [0.1, 0.15) is 12.4 Å². The summed E-state index contributed by atoms with van der Waals surface area (Å²) in [5.74, 6) is 0.511. The van der Waals surface area contributed by atoms with E-state index < -0.39 is 10.7 Å². The zero-order chi connectivity index (χ0) is 24.5. The molecule has 0 heterocycles. The van der Waals surface area contributed by atoms with Crippen molar-refractivity contribution in [1.29, 1.82) is 5.26 Å². The zero-order valence-corrected chi connectivity index (χ0v) is 18.7. The molecule has 0 bridgehead atoms. The highest BCUT2D eigenvalue weighted by Crippen LogP contribution is 2.36. The van der Waals surface area contributed by atoms with Crippen LogP contribution in [0.1, 0.15) is 29.2 Å². The first-order valence-electron chi connectivity index (χ1n) is 10.6. The van der Waals surface area contributed by atoms with Gasteiger partial charge in [-0.1, -0.05) is 24.3 Å². The topological polar surface area (TPSA) is 85.4 Å². The Labute approximate surface area is 197 Å². The van der Waals surface area contributed by atoms with Gasteiger partial charge in [-0.25, -0.2) is 4.39 Å². The monoisotopic (exact) mass is 458 g/mol. The number of allylic oxidation sites excluding steroid dienone is 2. The lowest BCUT2D eigenvalue weighted by Crippen LogP contribution is -2.03. The van der Waals surface area contributed by atoms with Crippen LogP contribution in [-0.2, 0) is 13.0 Å². The summed E-state index contributed by atoms with van der Waals surface area (Å²) < 4.78 is 26.1. The van der Waals surface area contributed by atoms with Crippen LogP contribution in [0.4, 0.5) is 10.1 Å². The van der Waals surface area contributed by atoms with E-state index in [1.807, 2.05) is 13.0 Å². The maximum Gasteiger partial charge on any atom is 0.269 e. The van der Waals surface area contributed by atoms with Gasteiger partial charge in [0.2, 0.25) is 0 Å². The largest absolute Gasteiger partial charge is 0.490 e. The van der Waals surface area contributed by atoms with Crippen LogP contribution in [0.25, 0.3) is 11.6 Å². The van der Waals surface area contributed by atoms with E-state index in [1.165, 1.54) is 18.2 Å². The minimum atomic E-state index is -0.477. The molecule has 0 fully saturated rings. The fourth-order valence-electron chi connectivity index (χ4n) is 3.39. The van der Waals surface area contributed by atoms with Gasteiger partial charge in [0.05, 0.1) is 23.2 Å². The SMILES string of the molecule is C=CCc1cc(/C=C(/C#N)c2ccccc2F)cc(OCC)c1OCc1ccc([N+](=O)[O-])cc1. The van der Waals surface area contributed by atoms with Crippen LogP contribution in [0.3, 0.4) is 0 Å². The summed E-state index contributed by atoms with van der Waals surface area (Å²) in [7, 11) is 0. The molecule has 0 saturated carbocycles. The third-order valence-corrected chi connectivity index (χ3v) is 4.94. The first kappa shape index (κ1) is 24.2. The minimum absolute atomic E-state index is 0.00499. The molecule has 0 aliphatic rings. The summed E-state index contributed by atoms with van der Waals surface area (Å²) in [5.41, 5.74) is 2.59. The lowest BCUT2D eigenvalue weighted by Gasteiger charge is -2.17. The van der Waals surface area contributed by atoms with E-state index in [9.17, 15) is 19.8 Å². The molecule has 0 N–H and O–H groups in total. The van der Waals surface area contributed by atoms with Crippen LogP contribution < -0.4 is 9.47 Å². The molecule has 0 aliphatic carbocycles. The van der Waals surface area contributed by atoms with Gasteiger partial charge >= 0.3 is 0 Å². The summed E-state index contributed by atoms with van der Waals surface area (Å²) in [4.78, 5) is 10.4. The number of ether oxygens (including phenoxy) is 2. The molecule has 3 aromatic rings. The average Bonchev–Trinajstić information content (AvgIpc) is 2.83. The van der Waals surface area contributed by atoms with Crippen molar-refractivity contribution in [2.45, 2.75) is 20.0 Å². The quantitative estimate of drug-likeness (QED) is 0.114. The number of halogens is 1. The van der Waals surface area contributed by atoms with E-state index in [2.05, 4.69) is 12.6 Å². The van der Waals surface area contributed by atoms with E-state index in [-0.39, 0.29) is 23.4 Å². The normalized spacial score (nSPS) is 10.9. The molecular formula is C27H23FN2O4. The average molecular weight is 458 g/mol. The summed E-state index contributed by atoms with van der Waals surface area (Å²) >= 11 is 0. The Morgan fingerprint density at radius 3 is 2.53 bits per heavy atom. The van der Waals surface area contributed by atoms with Crippen molar-refractivity contribution in [3.05, 3.63) is 112 Å². The van der Waals surface area contributed by atoms with Crippen molar-refractivity contribution in [3.63, 3.8) is 0 Å². The van der Waals surface area contributed by atoms with Gasteiger partial charge in [0.25, 0.3) is 5.69 Å². The summed E-state index contributed by atoms with van der Waals surface area (Å²) in [5, 5.41) is 20.5. The number of rotatable bonds is 10. The standard InChI is InChI=1S/C27H23FN2O4/c1-3-7-21-14-20(15-22(17-29)24-8-5-6-9-25(24)28)16-26(33-4-2)27(21)34-18-19-10-12-23(13-11-19)30(31)32/h3,5-6,8-16H,1,4,7,18H2,2H3/b22-15-. The van der Waals surface area contributed by atoms with Gasteiger partial charge < -0.3 is 9.47 Å². The molecule has 0 spiro atoms. The predicted molar refractivity (Wildman–Crippen MR) is 129 cm³/mol. The van der Waals surface area contributed by atoms with Crippen molar-refractivity contribution in [1.82, 2.24) is 0 Å². The highest BCUT2D eigenvalue weighted by Gasteiger charge is 2.15. The number of hydrogen-bond acceptors (Lipinski definition) is 5. The number of nitro benzene ring substituents is 1. The Kier molecular flexibility index (Phi) is 8.14. The molecule has 7 heteroatoms. The van der Waals surface area contributed by atoms with Crippen LogP contribution in [0.15, 0.2) is 73.3 Å². The van der Waals surface area contributed by atoms with Gasteiger partial charge in [-0.3, -0.25) is 10.1 Å². The molecule has 0 amide bonds. The van der Waals surface area contributed by atoms with E-state index in [1.54, 1.807) is 48.6 Å². The molecule has 0 unspecified atom stereocenters. The number of non-ortho nitro benzene ring substituents is 1. The summed E-state index contributed by atoms with van der Waals surface area (Å²) in [6.45, 7) is 6.21. The van der Waals surface area contributed by atoms with Crippen molar-refractivity contribution in [3.8, 4) is 17.6 Å². The van der Waals surface area contributed by atoms with Crippen LogP contribution in [0.5, 0.6) is 11.5 Å². The lowest BCUT2D eigenvalue weighted by atomic mass is 10.0. The number of benzene rings is 3. The Bertz CT molecular complexity index is 1260. The van der Waals surface area contributed by atoms with Gasteiger partial charge in [0, 0.05) is 23.3 Å². The van der Waals surface area contributed by atoms with Crippen LogP contribution in [-0.4, -0.2) is 11.5 Å². The molecule has 0 radical (unpaired) electrons. The second-order valence-corrected chi connectivity index (χ2v) is 7.29.